The molecule has 2 atom stereocenters. The van der Waals surface area contributed by atoms with E-state index in [0.717, 1.165) is 23.3 Å². The van der Waals surface area contributed by atoms with Crippen molar-refractivity contribution in [3.63, 3.8) is 0 Å². The Kier molecular flexibility index (Phi) is 3.51. The fourth-order valence-corrected chi connectivity index (χ4v) is 2.72. The molecular weight excluding hydrogens is 260 g/mol. The summed E-state index contributed by atoms with van der Waals surface area (Å²) in [6, 6.07) is 10.9. The van der Waals surface area contributed by atoms with Crippen molar-refractivity contribution in [2.75, 3.05) is 0 Å². The topological polar surface area (TPSA) is 32.3 Å². The minimum atomic E-state index is -0.538. The number of hydrogen-bond donors (Lipinski definition) is 2. The maximum Gasteiger partial charge on any atom is 0.127 e. The lowest BCUT2D eigenvalue weighted by Crippen LogP contribution is -2.28. The summed E-state index contributed by atoms with van der Waals surface area (Å²) in [6.07, 6.45) is 0.0449. The number of benzene rings is 2. The van der Waals surface area contributed by atoms with Crippen molar-refractivity contribution < 1.29 is 13.9 Å². The highest BCUT2D eigenvalue weighted by atomic mass is 19.1. The van der Waals surface area contributed by atoms with Crippen LogP contribution in [0.3, 0.4) is 0 Å². The Bertz CT molecular complexity index is 630. The number of nitrogens with one attached hydrogen (secondary N) is 1. The van der Waals surface area contributed by atoms with E-state index in [4.69, 9.17) is 0 Å². The second kappa shape index (κ2) is 5.31. The normalized spacial score (nSPS) is 20.9. The van der Waals surface area contributed by atoms with Crippen LogP contribution < -0.4 is 5.32 Å². The summed E-state index contributed by atoms with van der Waals surface area (Å²) in [5, 5.41) is 13.2. The van der Waals surface area contributed by atoms with Crippen LogP contribution in [0.2, 0.25) is 0 Å². The first-order valence-electron chi connectivity index (χ1n) is 6.58. The van der Waals surface area contributed by atoms with Crippen molar-refractivity contribution in [1.82, 2.24) is 5.32 Å². The van der Waals surface area contributed by atoms with E-state index < -0.39 is 17.7 Å². The Hall–Kier alpha value is -1.78. The largest absolute Gasteiger partial charge is 0.391 e. The Labute approximate surface area is 116 Å². The smallest absolute Gasteiger partial charge is 0.127 e. The second-order valence-electron chi connectivity index (χ2n) is 5.06. The van der Waals surface area contributed by atoms with E-state index in [9.17, 15) is 13.9 Å². The summed E-state index contributed by atoms with van der Waals surface area (Å²) in [4.78, 5) is 0. The van der Waals surface area contributed by atoms with E-state index in [1.807, 2.05) is 24.3 Å². The zero-order valence-electron chi connectivity index (χ0n) is 10.8. The number of fused-ring (bicyclic) bond motifs is 1. The van der Waals surface area contributed by atoms with Crippen LogP contribution in [0.1, 0.15) is 22.7 Å². The highest BCUT2D eigenvalue weighted by Crippen LogP contribution is 2.31. The van der Waals surface area contributed by atoms with Crippen molar-refractivity contribution in [2.45, 2.75) is 25.1 Å². The highest BCUT2D eigenvalue weighted by molar-refractivity contribution is 5.36. The Balaban J connectivity index is 1.77. The molecule has 2 aromatic rings. The second-order valence-corrected chi connectivity index (χ2v) is 5.06. The third-order valence-corrected chi connectivity index (χ3v) is 3.72. The predicted molar refractivity (Wildman–Crippen MR) is 72.1 cm³/mol. The van der Waals surface area contributed by atoms with Gasteiger partial charge in [0.25, 0.3) is 0 Å². The molecular formula is C16H15F2NO. The van der Waals surface area contributed by atoms with Crippen LogP contribution in [0.4, 0.5) is 8.78 Å². The zero-order valence-corrected chi connectivity index (χ0v) is 10.8. The average molecular weight is 275 g/mol. The molecule has 104 valence electrons. The van der Waals surface area contributed by atoms with Crippen LogP contribution in [-0.4, -0.2) is 11.2 Å². The van der Waals surface area contributed by atoms with Gasteiger partial charge in [-0.25, -0.2) is 8.78 Å². The van der Waals surface area contributed by atoms with Crippen LogP contribution in [0.5, 0.6) is 0 Å². The quantitative estimate of drug-likeness (QED) is 0.902. The Morgan fingerprint density at radius 3 is 2.80 bits per heavy atom. The lowest BCUT2D eigenvalue weighted by molar-refractivity contribution is 0.140. The molecule has 2 N–H and O–H groups in total. The molecule has 0 aliphatic heterocycles. The molecule has 1 aliphatic carbocycles. The molecule has 0 saturated carbocycles. The first kappa shape index (κ1) is 13.2. The van der Waals surface area contributed by atoms with E-state index >= 15 is 0 Å². The lowest BCUT2D eigenvalue weighted by Gasteiger charge is -2.18. The molecule has 0 unspecified atom stereocenters. The molecule has 1 aliphatic rings. The molecule has 0 aromatic heterocycles. The summed E-state index contributed by atoms with van der Waals surface area (Å²) in [5.74, 6) is -0.907. The van der Waals surface area contributed by atoms with Gasteiger partial charge in [0, 0.05) is 18.5 Å². The van der Waals surface area contributed by atoms with Crippen LogP contribution >= 0.6 is 0 Å². The van der Waals surface area contributed by atoms with Crippen molar-refractivity contribution in [2.24, 2.45) is 0 Å². The number of halogens is 2. The molecule has 4 heteroatoms. The third kappa shape index (κ3) is 2.44. The van der Waals surface area contributed by atoms with Crippen LogP contribution in [0.25, 0.3) is 0 Å². The van der Waals surface area contributed by atoms with Gasteiger partial charge in [-0.05, 0) is 29.3 Å². The van der Waals surface area contributed by atoms with E-state index in [1.54, 1.807) is 0 Å². The molecule has 0 saturated heterocycles. The Morgan fingerprint density at radius 1 is 1.15 bits per heavy atom. The molecule has 2 aromatic carbocycles. The van der Waals surface area contributed by atoms with Gasteiger partial charge in [0.05, 0.1) is 12.1 Å². The van der Waals surface area contributed by atoms with E-state index in [0.29, 0.717) is 6.42 Å². The summed E-state index contributed by atoms with van der Waals surface area (Å²) in [6.45, 7) is 0.180. The van der Waals surface area contributed by atoms with Gasteiger partial charge >= 0.3 is 0 Å². The fourth-order valence-electron chi connectivity index (χ4n) is 2.72. The molecule has 0 bridgehead atoms. The molecule has 0 spiro atoms. The average Bonchev–Trinajstić information content (AvgIpc) is 2.75. The maximum absolute atomic E-state index is 13.6. The standard InChI is InChI=1S/C16H15F2NO/c17-12-5-6-14(18)11(7-12)9-19-16-13-4-2-1-3-10(13)8-15(16)20/h1-7,15-16,19-20H,8-9H2/t15-,16+/m0/s1. The van der Waals surface area contributed by atoms with Gasteiger partial charge in [-0.3, -0.25) is 0 Å². The number of rotatable bonds is 3. The molecule has 3 rings (SSSR count). The first-order chi connectivity index (χ1) is 9.65. The molecule has 2 nitrogen and oxygen atoms in total. The number of hydrogen-bond acceptors (Lipinski definition) is 2. The summed E-state index contributed by atoms with van der Waals surface area (Å²) < 4.78 is 26.7. The van der Waals surface area contributed by atoms with Crippen LogP contribution in [0, 0.1) is 11.6 Å². The van der Waals surface area contributed by atoms with Gasteiger partial charge in [-0.1, -0.05) is 24.3 Å². The van der Waals surface area contributed by atoms with Crippen molar-refractivity contribution in [1.29, 1.82) is 0 Å². The van der Waals surface area contributed by atoms with E-state index in [1.165, 1.54) is 6.07 Å². The van der Waals surface area contributed by atoms with Crippen LogP contribution in [-0.2, 0) is 13.0 Å². The summed E-state index contributed by atoms with van der Waals surface area (Å²) >= 11 is 0. The van der Waals surface area contributed by atoms with Crippen molar-refractivity contribution >= 4 is 0 Å². The zero-order chi connectivity index (χ0) is 14.1. The van der Waals surface area contributed by atoms with Gasteiger partial charge in [-0.15, -0.1) is 0 Å². The highest BCUT2D eigenvalue weighted by Gasteiger charge is 2.30. The Morgan fingerprint density at radius 2 is 1.95 bits per heavy atom. The number of aliphatic hydroxyl groups is 1. The molecule has 20 heavy (non-hydrogen) atoms. The van der Waals surface area contributed by atoms with Gasteiger partial charge in [0.1, 0.15) is 11.6 Å². The molecule has 0 fully saturated rings. The first-order valence-corrected chi connectivity index (χ1v) is 6.58. The van der Waals surface area contributed by atoms with Crippen molar-refractivity contribution in [3.05, 3.63) is 70.8 Å². The molecule has 0 heterocycles. The lowest BCUT2D eigenvalue weighted by atomic mass is 10.1. The van der Waals surface area contributed by atoms with Crippen molar-refractivity contribution in [3.8, 4) is 0 Å². The maximum atomic E-state index is 13.6. The van der Waals surface area contributed by atoms with E-state index in [-0.39, 0.29) is 18.2 Å². The van der Waals surface area contributed by atoms with Gasteiger partial charge in [0.15, 0.2) is 0 Å². The SMILES string of the molecule is O[C@H]1Cc2ccccc2[C@H]1NCc1cc(F)ccc1F. The molecule has 0 radical (unpaired) electrons. The minimum Gasteiger partial charge on any atom is -0.391 e. The molecule has 0 amide bonds. The summed E-state index contributed by atoms with van der Waals surface area (Å²) in [7, 11) is 0. The fraction of sp³-hybridized carbons (Fsp3) is 0.250. The minimum absolute atomic E-state index is 0.180. The summed E-state index contributed by atoms with van der Waals surface area (Å²) in [5.41, 5.74) is 2.38. The monoisotopic (exact) mass is 275 g/mol. The van der Waals surface area contributed by atoms with E-state index in [2.05, 4.69) is 5.32 Å². The van der Waals surface area contributed by atoms with Gasteiger partial charge < -0.3 is 10.4 Å². The predicted octanol–water partition coefficient (Wildman–Crippen LogP) is 2.71. The van der Waals surface area contributed by atoms with Gasteiger partial charge in [-0.2, -0.15) is 0 Å². The number of aliphatic hydroxyl groups excluding tert-OH is 1. The van der Waals surface area contributed by atoms with Gasteiger partial charge in [0.2, 0.25) is 0 Å². The third-order valence-electron chi connectivity index (χ3n) is 3.72. The van der Waals surface area contributed by atoms with Crippen LogP contribution in [0.15, 0.2) is 42.5 Å².